The molecule has 1 N–H and O–H groups in total. The van der Waals surface area contributed by atoms with Gasteiger partial charge in [0.05, 0.1) is 12.3 Å². The van der Waals surface area contributed by atoms with Crippen molar-refractivity contribution in [1.82, 2.24) is 5.32 Å². The van der Waals surface area contributed by atoms with Gasteiger partial charge in [0, 0.05) is 16.6 Å². The first-order valence-electron chi connectivity index (χ1n) is 5.37. The first-order chi connectivity index (χ1) is 8.15. The molecule has 0 aliphatic heterocycles. The molecule has 0 saturated carbocycles. The van der Waals surface area contributed by atoms with Gasteiger partial charge >= 0.3 is 0 Å². The molecule has 0 amide bonds. The number of benzene rings is 1. The lowest BCUT2D eigenvalue weighted by Crippen LogP contribution is -2.17. The summed E-state index contributed by atoms with van der Waals surface area (Å²) in [7, 11) is 0. The van der Waals surface area contributed by atoms with E-state index in [1.807, 2.05) is 31.2 Å². The molecule has 2 aromatic rings. The molecule has 2 nitrogen and oxygen atoms in total. The Morgan fingerprint density at radius 1 is 1.24 bits per heavy atom. The minimum Gasteiger partial charge on any atom is -0.468 e. The van der Waals surface area contributed by atoms with Crippen LogP contribution in [0.1, 0.15) is 24.3 Å². The maximum atomic E-state index is 5.93. The number of hydrogen-bond donors (Lipinski definition) is 1. The van der Waals surface area contributed by atoms with E-state index in [4.69, 9.17) is 27.6 Å². The quantitative estimate of drug-likeness (QED) is 0.888. The van der Waals surface area contributed by atoms with Gasteiger partial charge in [0.1, 0.15) is 5.76 Å². The van der Waals surface area contributed by atoms with Crippen LogP contribution in [0, 0.1) is 0 Å². The van der Waals surface area contributed by atoms with Crippen LogP contribution in [-0.2, 0) is 6.54 Å². The summed E-state index contributed by atoms with van der Waals surface area (Å²) in [6.45, 7) is 2.74. The average Bonchev–Trinajstić information content (AvgIpc) is 2.78. The molecule has 0 aliphatic carbocycles. The normalized spacial score (nSPS) is 12.6. The first-order valence-corrected chi connectivity index (χ1v) is 6.12. The fourth-order valence-electron chi connectivity index (χ4n) is 1.62. The highest BCUT2D eigenvalue weighted by Gasteiger charge is 2.07. The predicted octanol–water partition coefficient (Wildman–Crippen LogP) is 4.44. The molecule has 90 valence electrons. The summed E-state index contributed by atoms with van der Waals surface area (Å²) >= 11 is 11.9. The summed E-state index contributed by atoms with van der Waals surface area (Å²) in [5.74, 6) is 0.915. The van der Waals surface area contributed by atoms with Gasteiger partial charge < -0.3 is 9.73 Å². The zero-order chi connectivity index (χ0) is 12.3. The maximum Gasteiger partial charge on any atom is 0.120 e. The third-order valence-corrected chi connectivity index (χ3v) is 2.94. The highest BCUT2D eigenvalue weighted by molar-refractivity contribution is 6.34. The van der Waals surface area contributed by atoms with Crippen molar-refractivity contribution in [2.24, 2.45) is 0 Å². The largest absolute Gasteiger partial charge is 0.468 e. The van der Waals surface area contributed by atoms with Crippen molar-refractivity contribution in [3.63, 3.8) is 0 Å². The second-order valence-corrected chi connectivity index (χ2v) is 4.77. The molecule has 0 aliphatic rings. The van der Waals surface area contributed by atoms with Crippen molar-refractivity contribution in [3.8, 4) is 0 Å². The van der Waals surface area contributed by atoms with E-state index < -0.39 is 0 Å². The van der Waals surface area contributed by atoms with Gasteiger partial charge in [0.15, 0.2) is 0 Å². The zero-order valence-electron chi connectivity index (χ0n) is 9.41. The topological polar surface area (TPSA) is 25.2 Å². The van der Waals surface area contributed by atoms with Crippen molar-refractivity contribution in [3.05, 3.63) is 58.0 Å². The van der Waals surface area contributed by atoms with Gasteiger partial charge in [-0.15, -0.1) is 0 Å². The molecule has 1 atom stereocenters. The molecule has 1 aromatic carbocycles. The molecular formula is C13H13Cl2NO. The van der Waals surface area contributed by atoms with Crippen molar-refractivity contribution in [1.29, 1.82) is 0 Å². The molecular weight excluding hydrogens is 257 g/mol. The molecule has 0 fully saturated rings. The van der Waals surface area contributed by atoms with Crippen molar-refractivity contribution >= 4 is 23.2 Å². The Balaban J connectivity index is 1.98. The Bertz CT molecular complexity index is 462. The Morgan fingerprint density at radius 2 is 1.94 bits per heavy atom. The standard InChI is InChI=1S/C13H13Cl2NO/c1-9(13-3-2-4-17-13)16-8-10-5-11(14)7-12(15)6-10/h2-7,9,16H,8H2,1H3/t9-/m0/s1. The summed E-state index contributed by atoms with van der Waals surface area (Å²) in [5, 5.41) is 4.65. The lowest BCUT2D eigenvalue weighted by Gasteiger charge is -2.11. The highest BCUT2D eigenvalue weighted by atomic mass is 35.5. The van der Waals surface area contributed by atoms with Gasteiger partial charge in [0.2, 0.25) is 0 Å². The Kier molecular flexibility index (Phi) is 4.11. The molecule has 0 radical (unpaired) electrons. The molecule has 0 spiro atoms. The zero-order valence-corrected chi connectivity index (χ0v) is 10.9. The Morgan fingerprint density at radius 3 is 2.53 bits per heavy atom. The summed E-state index contributed by atoms with van der Waals surface area (Å²) in [5.41, 5.74) is 1.06. The summed E-state index contributed by atoms with van der Waals surface area (Å²) in [6, 6.07) is 9.50. The second-order valence-electron chi connectivity index (χ2n) is 3.90. The minimum atomic E-state index is 0.155. The predicted molar refractivity (Wildman–Crippen MR) is 70.4 cm³/mol. The number of rotatable bonds is 4. The van der Waals surface area contributed by atoms with E-state index in [0.717, 1.165) is 11.3 Å². The summed E-state index contributed by atoms with van der Waals surface area (Å²) in [4.78, 5) is 0. The molecule has 0 bridgehead atoms. The SMILES string of the molecule is C[C@H](NCc1cc(Cl)cc(Cl)c1)c1ccco1. The molecule has 0 saturated heterocycles. The maximum absolute atomic E-state index is 5.93. The second kappa shape index (κ2) is 5.58. The minimum absolute atomic E-state index is 0.155. The van der Waals surface area contributed by atoms with Gasteiger partial charge in [-0.05, 0) is 42.8 Å². The number of halogens is 2. The van der Waals surface area contributed by atoms with Crippen LogP contribution >= 0.6 is 23.2 Å². The van der Waals surface area contributed by atoms with E-state index in [1.165, 1.54) is 0 Å². The van der Waals surface area contributed by atoms with E-state index in [0.29, 0.717) is 16.6 Å². The van der Waals surface area contributed by atoms with Gasteiger partial charge in [-0.1, -0.05) is 23.2 Å². The van der Waals surface area contributed by atoms with E-state index in [9.17, 15) is 0 Å². The third kappa shape index (κ3) is 3.50. The highest BCUT2D eigenvalue weighted by Crippen LogP contribution is 2.20. The summed E-state index contributed by atoms with van der Waals surface area (Å²) in [6.07, 6.45) is 1.67. The molecule has 1 heterocycles. The monoisotopic (exact) mass is 269 g/mol. The van der Waals surface area contributed by atoms with Crippen LogP contribution in [0.25, 0.3) is 0 Å². The van der Waals surface area contributed by atoms with Crippen molar-refractivity contribution < 1.29 is 4.42 Å². The van der Waals surface area contributed by atoms with Crippen LogP contribution in [0.3, 0.4) is 0 Å². The van der Waals surface area contributed by atoms with Gasteiger partial charge in [-0.2, -0.15) is 0 Å². The van der Waals surface area contributed by atoms with Gasteiger partial charge in [0.25, 0.3) is 0 Å². The van der Waals surface area contributed by atoms with E-state index in [1.54, 1.807) is 12.3 Å². The Labute approximate surface area is 111 Å². The number of hydrogen-bond acceptors (Lipinski definition) is 2. The molecule has 2 rings (SSSR count). The third-order valence-electron chi connectivity index (χ3n) is 2.50. The number of nitrogens with one attached hydrogen (secondary N) is 1. The van der Waals surface area contributed by atoms with Crippen molar-refractivity contribution in [2.45, 2.75) is 19.5 Å². The van der Waals surface area contributed by atoms with Crippen LogP contribution in [0.4, 0.5) is 0 Å². The first kappa shape index (κ1) is 12.5. The molecule has 17 heavy (non-hydrogen) atoms. The Hall–Kier alpha value is -0.960. The molecule has 1 aromatic heterocycles. The van der Waals surface area contributed by atoms with Crippen molar-refractivity contribution in [2.75, 3.05) is 0 Å². The number of furan rings is 1. The fraction of sp³-hybridized carbons (Fsp3) is 0.231. The molecule has 0 unspecified atom stereocenters. The lowest BCUT2D eigenvalue weighted by molar-refractivity contribution is 0.430. The van der Waals surface area contributed by atoms with E-state index in [2.05, 4.69) is 5.32 Å². The lowest BCUT2D eigenvalue weighted by atomic mass is 10.2. The smallest absolute Gasteiger partial charge is 0.120 e. The average molecular weight is 270 g/mol. The van der Waals surface area contributed by atoms with Crippen LogP contribution in [-0.4, -0.2) is 0 Å². The van der Waals surface area contributed by atoms with Crippen LogP contribution in [0.15, 0.2) is 41.0 Å². The van der Waals surface area contributed by atoms with E-state index >= 15 is 0 Å². The fourth-order valence-corrected chi connectivity index (χ4v) is 2.19. The van der Waals surface area contributed by atoms with Crippen LogP contribution < -0.4 is 5.32 Å². The van der Waals surface area contributed by atoms with E-state index in [-0.39, 0.29) is 6.04 Å². The summed E-state index contributed by atoms with van der Waals surface area (Å²) < 4.78 is 5.32. The van der Waals surface area contributed by atoms with Gasteiger partial charge in [-0.25, -0.2) is 0 Å². The van der Waals surface area contributed by atoms with Crippen LogP contribution in [0.2, 0.25) is 10.0 Å². The van der Waals surface area contributed by atoms with Gasteiger partial charge in [-0.3, -0.25) is 0 Å². The van der Waals surface area contributed by atoms with Crippen LogP contribution in [0.5, 0.6) is 0 Å². The molecule has 4 heteroatoms.